The van der Waals surface area contributed by atoms with Crippen molar-refractivity contribution in [2.24, 2.45) is 23.5 Å². The van der Waals surface area contributed by atoms with Gasteiger partial charge in [0, 0.05) is 39.0 Å². The van der Waals surface area contributed by atoms with Crippen molar-refractivity contribution in [2.45, 2.75) is 125 Å². The highest BCUT2D eigenvalue weighted by Gasteiger charge is 2.61. The van der Waals surface area contributed by atoms with E-state index in [-0.39, 0.29) is 12.4 Å². The van der Waals surface area contributed by atoms with Gasteiger partial charge in [-0.3, -0.25) is 19.4 Å². The van der Waals surface area contributed by atoms with Gasteiger partial charge in [0.05, 0.1) is 4.88 Å². The van der Waals surface area contributed by atoms with Gasteiger partial charge in [-0.15, -0.1) is 23.7 Å². The highest BCUT2D eigenvalue weighted by atomic mass is 35.5. The molecule has 54 heavy (non-hydrogen) atoms. The molecule has 14 rings (SSSR count). The lowest BCUT2D eigenvalue weighted by Crippen LogP contribution is -2.63. The Labute approximate surface area is 334 Å². The topological polar surface area (TPSA) is 75.9 Å². The molecule has 0 amide bonds. The number of nitrogens with two attached hydrogens (primary N) is 1. The van der Waals surface area contributed by atoms with Crippen LogP contribution >= 0.6 is 35.1 Å². The van der Waals surface area contributed by atoms with E-state index in [1.54, 1.807) is 22.7 Å². The van der Waals surface area contributed by atoms with Gasteiger partial charge in [-0.05, 0) is 160 Å². The Morgan fingerprint density at radius 2 is 1.28 bits per heavy atom. The van der Waals surface area contributed by atoms with Crippen LogP contribution in [0.2, 0.25) is 0 Å². The van der Waals surface area contributed by atoms with E-state index in [9.17, 15) is 9.59 Å². The van der Waals surface area contributed by atoms with Crippen LogP contribution in [0.5, 0.6) is 5.06 Å². The fourth-order valence-corrected chi connectivity index (χ4v) is 13.6. The molecule has 10 aliphatic rings. The summed E-state index contributed by atoms with van der Waals surface area (Å²) in [6, 6.07) is 17.6. The Balaban J connectivity index is 0.000000117. The number of benzene rings is 2. The van der Waals surface area contributed by atoms with Crippen molar-refractivity contribution < 1.29 is 14.3 Å². The number of hydrogen-bond acceptors (Lipinski definition) is 8. The average Bonchev–Trinajstić information content (AvgIpc) is 4.09. The normalized spacial score (nSPS) is 31.5. The second-order valence-electron chi connectivity index (χ2n) is 18.6. The van der Waals surface area contributed by atoms with Crippen molar-refractivity contribution in [3.8, 4) is 5.06 Å². The van der Waals surface area contributed by atoms with Crippen LogP contribution in [0, 0.1) is 17.8 Å². The predicted molar refractivity (Wildman–Crippen MR) is 224 cm³/mol. The van der Waals surface area contributed by atoms with E-state index in [2.05, 4.69) is 66.1 Å². The molecule has 2 N–H and O–H groups in total. The second kappa shape index (κ2) is 13.7. The summed E-state index contributed by atoms with van der Waals surface area (Å²) in [6.45, 7) is 10.4. The van der Waals surface area contributed by atoms with E-state index in [1.165, 1.54) is 135 Å². The number of carbonyl (C=O) groups excluding carboxylic acids is 2. The average molecular weight is 787 g/mol. The molecule has 8 heterocycles. The molecular formula is C45H56ClN3O3S2. The SMILES string of the molecule is CC1(c2cccc3cc(C(=O)C[C@@H]4C5CCN(CC5)C45CC5)sc23)CC1.CC1(c2cccc3cc(OC=O)sc23)CC1.Cl.N[C@@H]1C2CCN(CC2)C12CC2. The maximum absolute atomic E-state index is 13.2. The summed E-state index contributed by atoms with van der Waals surface area (Å²) >= 11 is 3.33. The van der Waals surface area contributed by atoms with Gasteiger partial charge in [0.15, 0.2) is 10.8 Å². The number of thiophene rings is 2. The Bertz CT molecular complexity index is 2050. The molecule has 4 bridgehead atoms. The highest BCUT2D eigenvalue weighted by Crippen LogP contribution is 2.59. The maximum atomic E-state index is 13.2. The van der Waals surface area contributed by atoms with Crippen molar-refractivity contribution in [3.05, 3.63) is 64.5 Å². The zero-order valence-electron chi connectivity index (χ0n) is 31.9. The van der Waals surface area contributed by atoms with Gasteiger partial charge >= 0.3 is 0 Å². The van der Waals surface area contributed by atoms with Gasteiger partial charge in [-0.25, -0.2) is 0 Å². The summed E-state index contributed by atoms with van der Waals surface area (Å²) in [7, 11) is 0. The molecule has 4 aromatic rings. The van der Waals surface area contributed by atoms with Crippen LogP contribution < -0.4 is 10.5 Å². The van der Waals surface area contributed by atoms with E-state index >= 15 is 0 Å². The van der Waals surface area contributed by atoms with Gasteiger partial charge in [-0.1, -0.05) is 61.6 Å². The van der Waals surface area contributed by atoms with Crippen molar-refractivity contribution in [3.63, 3.8) is 0 Å². The molecule has 6 saturated heterocycles. The number of rotatable bonds is 7. The number of ether oxygens (including phenoxy) is 1. The van der Waals surface area contributed by atoms with Crippen LogP contribution in [-0.2, 0) is 15.6 Å². The van der Waals surface area contributed by atoms with Crippen LogP contribution in [0.4, 0.5) is 0 Å². The van der Waals surface area contributed by atoms with E-state index in [0.717, 1.165) is 23.1 Å². The Morgan fingerprint density at radius 1 is 0.759 bits per heavy atom. The Morgan fingerprint density at radius 3 is 1.78 bits per heavy atom. The summed E-state index contributed by atoms with van der Waals surface area (Å²) in [4.78, 5) is 30.0. The number of Topliss-reactive ketones (excluding diaryl/α,β-unsaturated/α-hetero) is 1. The summed E-state index contributed by atoms with van der Waals surface area (Å²) in [5, 5.41) is 3.13. The third kappa shape index (κ3) is 6.30. The minimum Gasteiger partial charge on any atom is -0.418 e. The number of nitrogens with zero attached hydrogens (tertiary/aromatic N) is 2. The largest absolute Gasteiger partial charge is 0.418 e. The summed E-state index contributed by atoms with van der Waals surface area (Å²) in [5.74, 6) is 2.68. The Kier molecular flexibility index (Phi) is 9.42. The van der Waals surface area contributed by atoms with Gasteiger partial charge in [0.2, 0.25) is 0 Å². The van der Waals surface area contributed by atoms with Crippen LogP contribution in [0.3, 0.4) is 0 Å². The molecule has 288 valence electrons. The third-order valence-corrected chi connectivity index (χ3v) is 17.8. The summed E-state index contributed by atoms with van der Waals surface area (Å²) in [6.07, 6.45) is 16.6. The lowest BCUT2D eigenvalue weighted by atomic mass is 9.70. The van der Waals surface area contributed by atoms with Crippen molar-refractivity contribution >= 4 is 67.5 Å². The van der Waals surface area contributed by atoms with Crippen LogP contribution in [0.1, 0.15) is 118 Å². The maximum Gasteiger partial charge on any atom is 0.299 e. The highest BCUT2D eigenvalue weighted by molar-refractivity contribution is 7.21. The number of fused-ring (bicyclic) bond motifs is 6. The molecule has 4 saturated carbocycles. The minimum atomic E-state index is 0. The fraction of sp³-hybridized carbons (Fsp3) is 0.600. The number of hydrogen-bond donors (Lipinski definition) is 1. The molecular weight excluding hydrogens is 730 g/mol. The van der Waals surface area contributed by atoms with E-state index < -0.39 is 0 Å². The standard InChI is InChI=1S/C23H27NOS.C13H12O2S.C9H16N2.ClH/c1-22(7-8-22)17-4-2-3-16-13-20(26-21(16)17)19(25)14-18-15-5-11-24(12-6-15)23(18)9-10-23;1-13(5-6-13)10-4-2-3-9-7-11(15-8-14)16-12(9)10;10-8-7-1-5-11(6-2-7)9(8)3-4-9;/h2-4,13,15,18H,5-12,14H2,1H3;2-4,7-8H,5-6H2,1H3;7-8H,1-6,10H2;1H/t18-;;8-;/m1.1./s1. The van der Waals surface area contributed by atoms with Crippen molar-refractivity contribution in [1.82, 2.24) is 9.80 Å². The molecule has 2 aromatic carbocycles. The van der Waals surface area contributed by atoms with Gasteiger partial charge in [0.1, 0.15) is 0 Å². The number of carbonyl (C=O) groups is 2. The number of ketones is 1. The lowest BCUT2D eigenvalue weighted by Gasteiger charge is -2.52. The predicted octanol–water partition coefficient (Wildman–Crippen LogP) is 9.88. The molecule has 2 spiro atoms. The van der Waals surface area contributed by atoms with Crippen LogP contribution in [0.15, 0.2) is 48.5 Å². The first kappa shape index (κ1) is 37.3. The smallest absolute Gasteiger partial charge is 0.299 e. The monoisotopic (exact) mass is 785 g/mol. The first-order valence-corrected chi connectivity index (χ1v) is 22.2. The molecule has 0 radical (unpaired) electrons. The van der Waals surface area contributed by atoms with Crippen LogP contribution in [0.25, 0.3) is 20.2 Å². The fourth-order valence-electron chi connectivity index (χ4n) is 11.2. The molecule has 6 nitrogen and oxygen atoms in total. The summed E-state index contributed by atoms with van der Waals surface area (Å²) in [5.41, 5.74) is 10.7. The third-order valence-electron chi connectivity index (χ3n) is 15.5. The van der Waals surface area contributed by atoms with Gasteiger partial charge < -0.3 is 10.5 Å². The van der Waals surface area contributed by atoms with Crippen LogP contribution in [-0.4, -0.2) is 65.4 Å². The molecule has 4 aliphatic carbocycles. The molecule has 2 aromatic heterocycles. The molecule has 0 unspecified atom stereocenters. The minimum absolute atomic E-state index is 0. The second-order valence-corrected chi connectivity index (χ2v) is 20.6. The van der Waals surface area contributed by atoms with E-state index in [0.29, 0.717) is 51.2 Å². The van der Waals surface area contributed by atoms with Gasteiger partial charge in [0.25, 0.3) is 6.47 Å². The Hall–Kier alpha value is -2.33. The number of piperidine rings is 6. The quantitative estimate of drug-likeness (QED) is 0.149. The lowest BCUT2D eigenvalue weighted by molar-refractivity contribution is -0.120. The molecule has 2 atom stereocenters. The molecule has 9 heteroatoms. The van der Waals surface area contributed by atoms with Crippen molar-refractivity contribution in [2.75, 3.05) is 26.2 Å². The summed E-state index contributed by atoms with van der Waals surface area (Å²) < 4.78 is 7.55. The van der Waals surface area contributed by atoms with Crippen molar-refractivity contribution in [1.29, 1.82) is 0 Å². The van der Waals surface area contributed by atoms with Gasteiger partial charge in [-0.2, -0.15) is 0 Å². The number of halogens is 1. The first-order chi connectivity index (χ1) is 25.6. The molecule has 6 aliphatic heterocycles. The zero-order valence-corrected chi connectivity index (χ0v) is 34.4. The zero-order chi connectivity index (χ0) is 36.2. The first-order valence-electron chi connectivity index (χ1n) is 20.6. The van der Waals surface area contributed by atoms with E-state index in [4.69, 9.17) is 10.5 Å². The molecule has 10 fully saturated rings. The van der Waals surface area contributed by atoms with E-state index in [1.807, 2.05) is 6.07 Å².